The summed E-state index contributed by atoms with van der Waals surface area (Å²) in [7, 11) is 0. The van der Waals surface area contributed by atoms with E-state index in [1.54, 1.807) is 0 Å². The van der Waals surface area contributed by atoms with Crippen molar-refractivity contribution >= 4 is 23.4 Å². The maximum atomic E-state index is 5.42. The second-order valence-corrected chi connectivity index (χ2v) is 5.00. The molecule has 0 amide bonds. The smallest absolute Gasteiger partial charge is 0.184 e. The highest BCUT2D eigenvalue weighted by Gasteiger charge is 2.09. The van der Waals surface area contributed by atoms with Crippen molar-refractivity contribution < 1.29 is 0 Å². The number of aryl methyl sites for hydroxylation is 2. The fraction of sp³-hybridized carbons (Fsp3) is 0.200. The van der Waals surface area contributed by atoms with Gasteiger partial charge in [0, 0.05) is 11.9 Å². The molecule has 4 heteroatoms. The average Bonchev–Trinajstić information content (AvgIpc) is 2.77. The second-order valence-electron chi connectivity index (χ2n) is 4.61. The first-order valence-electron chi connectivity index (χ1n) is 6.36. The summed E-state index contributed by atoms with van der Waals surface area (Å²) in [5, 5.41) is 0. The summed E-state index contributed by atoms with van der Waals surface area (Å²) in [6.07, 6.45) is 2.86. The minimum absolute atomic E-state index is 0.682. The van der Waals surface area contributed by atoms with E-state index in [4.69, 9.17) is 12.2 Å². The van der Waals surface area contributed by atoms with Gasteiger partial charge in [-0.1, -0.05) is 19.1 Å². The van der Waals surface area contributed by atoms with Gasteiger partial charge in [0.1, 0.15) is 0 Å². The first-order chi connectivity index (χ1) is 9.20. The van der Waals surface area contributed by atoms with E-state index in [0.717, 1.165) is 28.8 Å². The Labute approximate surface area is 116 Å². The van der Waals surface area contributed by atoms with E-state index < -0.39 is 0 Å². The molecule has 2 heterocycles. The zero-order valence-corrected chi connectivity index (χ0v) is 11.8. The largest absolute Gasteiger partial charge is 0.329 e. The summed E-state index contributed by atoms with van der Waals surface area (Å²) in [5.41, 5.74) is 5.41. The molecule has 0 saturated heterocycles. The van der Waals surface area contributed by atoms with Crippen molar-refractivity contribution in [1.82, 2.24) is 14.5 Å². The van der Waals surface area contributed by atoms with Crippen molar-refractivity contribution in [1.29, 1.82) is 0 Å². The number of aromatic amines is 1. The zero-order valence-electron chi connectivity index (χ0n) is 11.0. The third kappa shape index (κ3) is 1.98. The summed E-state index contributed by atoms with van der Waals surface area (Å²) < 4.78 is 2.66. The average molecular weight is 269 g/mol. The maximum absolute atomic E-state index is 5.42. The van der Waals surface area contributed by atoms with Crippen LogP contribution in [0.3, 0.4) is 0 Å². The van der Waals surface area contributed by atoms with E-state index in [2.05, 4.69) is 48.1 Å². The minimum atomic E-state index is 0.682. The number of pyridine rings is 1. The van der Waals surface area contributed by atoms with Crippen molar-refractivity contribution in [2.45, 2.75) is 20.3 Å². The number of nitrogens with zero attached hydrogens (tertiary/aromatic N) is 2. The fourth-order valence-electron chi connectivity index (χ4n) is 2.25. The molecule has 0 aliphatic heterocycles. The van der Waals surface area contributed by atoms with Gasteiger partial charge < -0.3 is 4.98 Å². The summed E-state index contributed by atoms with van der Waals surface area (Å²) in [6.45, 7) is 4.21. The first-order valence-corrected chi connectivity index (χ1v) is 6.77. The van der Waals surface area contributed by atoms with E-state index >= 15 is 0 Å². The van der Waals surface area contributed by atoms with Crippen LogP contribution in [-0.2, 0) is 6.42 Å². The number of benzene rings is 1. The van der Waals surface area contributed by atoms with Crippen LogP contribution in [0.2, 0.25) is 0 Å². The Morgan fingerprint density at radius 2 is 1.95 bits per heavy atom. The molecular formula is C15H15N3S. The number of hydrogen-bond donors (Lipinski definition) is 1. The lowest BCUT2D eigenvalue weighted by molar-refractivity contribution is 1.04. The van der Waals surface area contributed by atoms with Gasteiger partial charge in [-0.15, -0.1) is 0 Å². The molecule has 0 aliphatic carbocycles. The predicted molar refractivity (Wildman–Crippen MR) is 80.4 cm³/mol. The number of rotatable bonds is 2. The SMILES string of the molecule is CCc1ccc(-n2c(=S)[nH]c3c(C)ccnc32)cc1. The zero-order chi connectivity index (χ0) is 13.4. The molecule has 2 aromatic heterocycles. The van der Waals surface area contributed by atoms with Crippen LogP contribution in [0.15, 0.2) is 36.5 Å². The van der Waals surface area contributed by atoms with E-state index in [0.29, 0.717) is 4.77 Å². The monoisotopic (exact) mass is 269 g/mol. The molecule has 0 aliphatic rings. The van der Waals surface area contributed by atoms with Crippen LogP contribution in [-0.4, -0.2) is 14.5 Å². The Hall–Kier alpha value is -1.94. The van der Waals surface area contributed by atoms with Crippen LogP contribution < -0.4 is 0 Å². The summed E-state index contributed by atoms with van der Waals surface area (Å²) in [6, 6.07) is 10.4. The molecular weight excluding hydrogens is 254 g/mol. The maximum Gasteiger partial charge on any atom is 0.184 e. The molecule has 0 atom stereocenters. The van der Waals surface area contributed by atoms with Crippen molar-refractivity contribution in [2.24, 2.45) is 0 Å². The number of imidazole rings is 1. The molecule has 3 nitrogen and oxygen atoms in total. The molecule has 0 unspecified atom stereocenters. The Morgan fingerprint density at radius 3 is 2.63 bits per heavy atom. The molecule has 1 N–H and O–H groups in total. The van der Waals surface area contributed by atoms with Gasteiger partial charge in [-0.05, 0) is 54.9 Å². The highest BCUT2D eigenvalue weighted by Crippen LogP contribution is 2.20. The summed E-state index contributed by atoms with van der Waals surface area (Å²) in [5.74, 6) is 0. The second kappa shape index (κ2) is 4.63. The van der Waals surface area contributed by atoms with Gasteiger partial charge in [0.25, 0.3) is 0 Å². The molecule has 0 radical (unpaired) electrons. The van der Waals surface area contributed by atoms with Gasteiger partial charge in [-0.2, -0.15) is 0 Å². The van der Waals surface area contributed by atoms with Gasteiger partial charge in [0.2, 0.25) is 0 Å². The number of fused-ring (bicyclic) bond motifs is 1. The van der Waals surface area contributed by atoms with Crippen molar-refractivity contribution in [3.05, 3.63) is 52.4 Å². The lowest BCUT2D eigenvalue weighted by Gasteiger charge is -2.05. The molecule has 96 valence electrons. The molecule has 3 aromatic rings. The topological polar surface area (TPSA) is 33.6 Å². The van der Waals surface area contributed by atoms with Gasteiger partial charge in [-0.25, -0.2) is 4.98 Å². The Balaban J connectivity index is 2.27. The van der Waals surface area contributed by atoms with Crippen molar-refractivity contribution in [2.75, 3.05) is 0 Å². The van der Waals surface area contributed by atoms with Gasteiger partial charge in [-0.3, -0.25) is 4.57 Å². The van der Waals surface area contributed by atoms with E-state index in [-0.39, 0.29) is 0 Å². The number of aromatic nitrogens is 3. The van der Waals surface area contributed by atoms with E-state index in [9.17, 15) is 0 Å². The van der Waals surface area contributed by atoms with E-state index in [1.807, 2.05) is 16.8 Å². The van der Waals surface area contributed by atoms with E-state index in [1.165, 1.54) is 5.56 Å². The number of hydrogen-bond acceptors (Lipinski definition) is 2. The van der Waals surface area contributed by atoms with Gasteiger partial charge in [0.15, 0.2) is 10.4 Å². The van der Waals surface area contributed by atoms with Gasteiger partial charge >= 0.3 is 0 Å². The van der Waals surface area contributed by atoms with Crippen LogP contribution in [0.4, 0.5) is 0 Å². The van der Waals surface area contributed by atoms with Crippen LogP contribution in [0.5, 0.6) is 0 Å². The Morgan fingerprint density at radius 1 is 1.21 bits per heavy atom. The van der Waals surface area contributed by atoms with Crippen LogP contribution in [0.1, 0.15) is 18.1 Å². The molecule has 0 saturated carbocycles. The third-order valence-corrected chi connectivity index (χ3v) is 3.67. The lowest BCUT2D eigenvalue weighted by Crippen LogP contribution is -1.96. The van der Waals surface area contributed by atoms with Crippen LogP contribution >= 0.6 is 12.2 Å². The third-order valence-electron chi connectivity index (χ3n) is 3.39. The molecule has 0 fully saturated rings. The highest BCUT2D eigenvalue weighted by atomic mass is 32.1. The van der Waals surface area contributed by atoms with Crippen molar-refractivity contribution in [3.8, 4) is 5.69 Å². The summed E-state index contributed by atoms with van der Waals surface area (Å²) in [4.78, 5) is 7.68. The highest BCUT2D eigenvalue weighted by molar-refractivity contribution is 7.71. The fourth-order valence-corrected chi connectivity index (χ4v) is 2.54. The molecule has 1 aromatic carbocycles. The lowest BCUT2D eigenvalue weighted by atomic mass is 10.1. The van der Waals surface area contributed by atoms with Gasteiger partial charge in [0.05, 0.1) is 5.52 Å². The Bertz CT molecular complexity index is 781. The molecule has 19 heavy (non-hydrogen) atoms. The molecule has 3 rings (SSSR count). The van der Waals surface area contributed by atoms with Crippen LogP contribution in [0.25, 0.3) is 16.9 Å². The number of nitrogens with one attached hydrogen (secondary N) is 1. The molecule has 0 bridgehead atoms. The standard InChI is InChI=1S/C15H15N3S/c1-3-11-4-6-12(7-5-11)18-14-13(17-15(18)19)10(2)8-9-16-14/h4-9H,3H2,1-2H3,(H,17,19). The quantitative estimate of drug-likeness (QED) is 0.715. The summed E-state index contributed by atoms with van der Waals surface area (Å²) >= 11 is 5.42. The van der Waals surface area contributed by atoms with Crippen molar-refractivity contribution in [3.63, 3.8) is 0 Å². The number of H-pyrrole nitrogens is 1. The Kier molecular flexibility index (Phi) is 2.95. The predicted octanol–water partition coefficient (Wildman–Crippen LogP) is 3.95. The normalized spacial score (nSPS) is 11.1. The first kappa shape index (κ1) is 12.1. The minimum Gasteiger partial charge on any atom is -0.329 e. The molecule has 0 spiro atoms. The van der Waals surface area contributed by atoms with Crippen LogP contribution in [0, 0.1) is 11.7 Å².